The largest absolute Gasteiger partial charge is 0.433 e. The zero-order chi connectivity index (χ0) is 16.5. The maximum Gasteiger partial charge on any atom is 0.433 e. The highest BCUT2D eigenvalue weighted by molar-refractivity contribution is 5.66. The van der Waals surface area contributed by atoms with Crippen LogP contribution in [0.15, 0.2) is 36.5 Å². The van der Waals surface area contributed by atoms with Crippen molar-refractivity contribution in [2.75, 3.05) is 0 Å². The van der Waals surface area contributed by atoms with Gasteiger partial charge in [-0.1, -0.05) is 6.07 Å². The lowest BCUT2D eigenvalue weighted by Crippen LogP contribution is -2.07. The number of hydrogen-bond acceptors (Lipinski definition) is 2. The summed E-state index contributed by atoms with van der Waals surface area (Å²) in [4.78, 5) is 3.18. The Hall–Kier alpha value is -2.56. The van der Waals surface area contributed by atoms with Crippen molar-refractivity contribution in [3.05, 3.63) is 53.3 Å². The van der Waals surface area contributed by atoms with E-state index in [0.29, 0.717) is 12.1 Å². The van der Waals surface area contributed by atoms with Crippen molar-refractivity contribution in [2.45, 2.75) is 12.4 Å². The van der Waals surface area contributed by atoms with Crippen LogP contribution in [0.5, 0.6) is 0 Å². The lowest BCUT2D eigenvalue weighted by atomic mass is 10.0. The molecule has 2 aromatic rings. The fourth-order valence-corrected chi connectivity index (χ4v) is 1.75. The van der Waals surface area contributed by atoms with E-state index in [-0.39, 0.29) is 16.7 Å². The molecular formula is C14H6F6N2. The van der Waals surface area contributed by atoms with E-state index in [1.807, 2.05) is 0 Å². The summed E-state index contributed by atoms with van der Waals surface area (Å²) in [6, 6.07) is 5.83. The Morgan fingerprint density at radius 3 is 2.00 bits per heavy atom. The Kier molecular flexibility index (Phi) is 3.83. The minimum absolute atomic E-state index is 0.0346. The number of rotatable bonds is 1. The molecule has 0 aliphatic rings. The summed E-state index contributed by atoms with van der Waals surface area (Å²) in [6.07, 6.45) is -8.48. The van der Waals surface area contributed by atoms with Crippen LogP contribution < -0.4 is 0 Å². The monoisotopic (exact) mass is 316 g/mol. The van der Waals surface area contributed by atoms with Crippen molar-refractivity contribution in [3.8, 4) is 17.2 Å². The molecule has 1 aromatic heterocycles. The highest BCUT2D eigenvalue weighted by Gasteiger charge is 2.33. The highest BCUT2D eigenvalue weighted by Crippen LogP contribution is 2.34. The molecule has 0 bridgehead atoms. The van der Waals surface area contributed by atoms with Crippen molar-refractivity contribution >= 4 is 0 Å². The summed E-state index contributed by atoms with van der Waals surface area (Å²) in [5, 5.41) is 8.77. The summed E-state index contributed by atoms with van der Waals surface area (Å²) in [6.45, 7) is 0. The van der Waals surface area contributed by atoms with Gasteiger partial charge < -0.3 is 0 Å². The molecule has 0 fully saturated rings. The van der Waals surface area contributed by atoms with E-state index in [1.165, 1.54) is 0 Å². The molecule has 1 heterocycles. The smallest absolute Gasteiger partial charge is 0.251 e. The molecule has 0 amide bonds. The van der Waals surface area contributed by atoms with Crippen LogP contribution in [0.4, 0.5) is 26.3 Å². The van der Waals surface area contributed by atoms with E-state index in [4.69, 9.17) is 5.26 Å². The third-order valence-corrected chi connectivity index (χ3v) is 2.78. The van der Waals surface area contributed by atoms with Crippen LogP contribution in [-0.2, 0) is 12.4 Å². The van der Waals surface area contributed by atoms with Crippen LogP contribution >= 0.6 is 0 Å². The second-order valence-corrected chi connectivity index (χ2v) is 4.34. The standard InChI is InChI=1S/C14H6F6N2/c15-13(16,17)11-4-8(6-21)3-10(5-11)9-1-2-12(22-7-9)14(18,19)20/h1-5,7H. The number of hydrogen-bond donors (Lipinski definition) is 0. The molecule has 0 spiro atoms. The predicted octanol–water partition coefficient (Wildman–Crippen LogP) is 4.66. The zero-order valence-corrected chi connectivity index (χ0v) is 10.6. The molecule has 0 saturated carbocycles. The Morgan fingerprint density at radius 2 is 1.55 bits per heavy atom. The first kappa shape index (κ1) is 15.8. The molecule has 0 radical (unpaired) electrons. The number of halogens is 6. The van der Waals surface area contributed by atoms with Gasteiger partial charge in [-0.3, -0.25) is 4.98 Å². The van der Waals surface area contributed by atoms with Gasteiger partial charge >= 0.3 is 12.4 Å². The third-order valence-electron chi connectivity index (χ3n) is 2.78. The first-order valence-electron chi connectivity index (χ1n) is 5.77. The molecule has 0 aliphatic heterocycles. The summed E-state index contributed by atoms with van der Waals surface area (Å²) < 4.78 is 75.5. The molecular weight excluding hydrogens is 310 g/mol. The molecule has 0 saturated heterocycles. The topological polar surface area (TPSA) is 36.7 Å². The van der Waals surface area contributed by atoms with Crippen molar-refractivity contribution < 1.29 is 26.3 Å². The minimum Gasteiger partial charge on any atom is -0.251 e. The fraction of sp³-hybridized carbons (Fsp3) is 0.143. The molecule has 1 aromatic carbocycles. The number of pyridine rings is 1. The second-order valence-electron chi connectivity index (χ2n) is 4.34. The van der Waals surface area contributed by atoms with Crippen molar-refractivity contribution in [2.24, 2.45) is 0 Å². The van der Waals surface area contributed by atoms with Crippen molar-refractivity contribution in [1.29, 1.82) is 5.26 Å². The Morgan fingerprint density at radius 1 is 0.864 bits per heavy atom. The van der Waals surface area contributed by atoms with Crippen LogP contribution in [0.1, 0.15) is 16.8 Å². The van der Waals surface area contributed by atoms with Crippen LogP contribution in [0.25, 0.3) is 11.1 Å². The van der Waals surface area contributed by atoms with Crippen LogP contribution in [0, 0.1) is 11.3 Å². The summed E-state index contributed by atoms with van der Waals surface area (Å²) in [7, 11) is 0. The van der Waals surface area contributed by atoms with Gasteiger partial charge in [0.1, 0.15) is 5.69 Å². The van der Waals surface area contributed by atoms with Crippen LogP contribution in [0.2, 0.25) is 0 Å². The van der Waals surface area contributed by atoms with Crippen LogP contribution in [0.3, 0.4) is 0 Å². The molecule has 2 nitrogen and oxygen atoms in total. The van der Waals surface area contributed by atoms with Crippen molar-refractivity contribution in [1.82, 2.24) is 4.98 Å². The number of nitrogens with zero attached hydrogens (tertiary/aromatic N) is 2. The van der Waals surface area contributed by atoms with Gasteiger partial charge in [0.05, 0.1) is 17.2 Å². The van der Waals surface area contributed by atoms with Gasteiger partial charge in [-0.25, -0.2) is 0 Å². The molecule has 22 heavy (non-hydrogen) atoms. The molecule has 0 atom stereocenters. The summed E-state index contributed by atoms with van der Waals surface area (Å²) in [5.41, 5.74) is -2.43. The quantitative estimate of drug-likeness (QED) is 0.718. The number of alkyl halides is 6. The summed E-state index contributed by atoms with van der Waals surface area (Å²) in [5.74, 6) is 0. The highest BCUT2D eigenvalue weighted by atomic mass is 19.4. The Balaban J connectivity index is 2.51. The molecule has 114 valence electrons. The molecule has 0 unspecified atom stereocenters. The van der Waals surface area contributed by atoms with Crippen LogP contribution in [-0.4, -0.2) is 4.98 Å². The normalized spacial score (nSPS) is 12.0. The average molecular weight is 316 g/mol. The second kappa shape index (κ2) is 5.33. The Bertz CT molecular complexity index is 723. The molecule has 2 rings (SSSR count). The maximum absolute atomic E-state index is 12.7. The minimum atomic E-state index is -4.67. The fourth-order valence-electron chi connectivity index (χ4n) is 1.75. The third kappa shape index (κ3) is 3.36. The van der Waals surface area contributed by atoms with E-state index in [1.54, 1.807) is 6.07 Å². The van der Waals surface area contributed by atoms with Gasteiger partial charge in [0.15, 0.2) is 0 Å². The average Bonchev–Trinajstić information content (AvgIpc) is 2.45. The van der Waals surface area contributed by atoms with Gasteiger partial charge in [0.2, 0.25) is 0 Å². The first-order valence-corrected chi connectivity index (χ1v) is 5.77. The SMILES string of the molecule is N#Cc1cc(-c2ccc(C(F)(F)F)nc2)cc(C(F)(F)F)c1. The lowest BCUT2D eigenvalue weighted by molar-refractivity contribution is -0.141. The zero-order valence-electron chi connectivity index (χ0n) is 10.6. The molecule has 0 aliphatic carbocycles. The number of aromatic nitrogens is 1. The number of nitriles is 1. The van der Waals surface area contributed by atoms with Gasteiger partial charge in [0.25, 0.3) is 0 Å². The number of benzene rings is 1. The maximum atomic E-state index is 12.7. The summed E-state index contributed by atoms with van der Waals surface area (Å²) >= 11 is 0. The Labute approximate surface area is 120 Å². The first-order chi connectivity index (χ1) is 10.1. The van der Waals surface area contributed by atoms with E-state index in [0.717, 1.165) is 24.4 Å². The molecule has 8 heteroatoms. The van der Waals surface area contributed by atoms with E-state index in [9.17, 15) is 26.3 Å². The molecule has 0 N–H and O–H groups in total. The van der Waals surface area contributed by atoms with Crippen molar-refractivity contribution in [3.63, 3.8) is 0 Å². The van der Waals surface area contributed by atoms with Gasteiger partial charge in [-0.15, -0.1) is 0 Å². The van der Waals surface area contributed by atoms with Gasteiger partial charge in [0, 0.05) is 11.8 Å². The van der Waals surface area contributed by atoms with Gasteiger partial charge in [-0.05, 0) is 29.8 Å². The van der Waals surface area contributed by atoms with E-state index < -0.39 is 23.6 Å². The van der Waals surface area contributed by atoms with Gasteiger partial charge in [-0.2, -0.15) is 31.6 Å². The lowest BCUT2D eigenvalue weighted by Gasteiger charge is -2.11. The van der Waals surface area contributed by atoms with E-state index in [2.05, 4.69) is 4.98 Å². The van der Waals surface area contributed by atoms with E-state index >= 15 is 0 Å². The predicted molar refractivity (Wildman–Crippen MR) is 64.4 cm³/mol.